The van der Waals surface area contributed by atoms with Crippen molar-refractivity contribution < 1.29 is 9.53 Å². The summed E-state index contributed by atoms with van der Waals surface area (Å²) in [5.41, 5.74) is 7.26. The molecule has 22 heavy (non-hydrogen) atoms. The van der Waals surface area contributed by atoms with Gasteiger partial charge in [0.1, 0.15) is 0 Å². The molecule has 0 spiro atoms. The number of esters is 1. The Labute approximate surface area is 136 Å². The zero-order valence-corrected chi connectivity index (χ0v) is 15.0. The Morgan fingerprint density at radius 1 is 1.00 bits per heavy atom. The monoisotopic (exact) mass is 304 g/mol. The molecule has 0 heterocycles. The van der Waals surface area contributed by atoms with Gasteiger partial charge in [0.05, 0.1) is 13.0 Å². The molecule has 0 aromatic rings. The molecule has 0 aromatic carbocycles. The minimum Gasteiger partial charge on any atom is -0.466 e. The highest BCUT2D eigenvalue weighted by molar-refractivity contribution is 5.71. The smallest absolute Gasteiger partial charge is 0.310 e. The van der Waals surface area contributed by atoms with Crippen molar-refractivity contribution in [3.8, 4) is 0 Å². The Morgan fingerprint density at radius 2 is 1.64 bits per heavy atom. The van der Waals surface area contributed by atoms with Gasteiger partial charge in [0.2, 0.25) is 0 Å². The van der Waals surface area contributed by atoms with E-state index in [9.17, 15) is 4.79 Å². The van der Waals surface area contributed by atoms with Crippen molar-refractivity contribution in [3.05, 3.63) is 40.7 Å². The summed E-state index contributed by atoms with van der Waals surface area (Å²) in [6, 6.07) is 0. The van der Waals surface area contributed by atoms with Gasteiger partial charge in [-0.15, -0.1) is 5.73 Å². The lowest BCUT2D eigenvalue weighted by molar-refractivity contribution is -0.142. The topological polar surface area (TPSA) is 26.3 Å². The second-order valence-corrected chi connectivity index (χ2v) is 5.67. The third kappa shape index (κ3) is 12.2. The van der Waals surface area contributed by atoms with Crippen LogP contribution in [0.3, 0.4) is 0 Å². The summed E-state index contributed by atoms with van der Waals surface area (Å²) in [6.07, 6.45) is 12.2. The molecule has 0 atom stereocenters. The summed E-state index contributed by atoms with van der Waals surface area (Å²) in [7, 11) is 0. The highest BCUT2D eigenvalue weighted by Gasteiger charge is 1.96. The van der Waals surface area contributed by atoms with Crippen LogP contribution < -0.4 is 0 Å². The summed E-state index contributed by atoms with van der Waals surface area (Å²) in [5.74, 6) is -0.186. The van der Waals surface area contributed by atoms with Crippen molar-refractivity contribution in [1.82, 2.24) is 0 Å². The fourth-order valence-corrected chi connectivity index (χ4v) is 1.93. The lowest BCUT2D eigenvalue weighted by atomic mass is 10.1. The highest BCUT2D eigenvalue weighted by atomic mass is 16.5. The highest BCUT2D eigenvalue weighted by Crippen LogP contribution is 2.11. The number of rotatable bonds is 10. The van der Waals surface area contributed by atoms with Crippen LogP contribution in [0.15, 0.2) is 40.7 Å². The van der Waals surface area contributed by atoms with Crippen LogP contribution in [0.25, 0.3) is 0 Å². The van der Waals surface area contributed by atoms with Crippen LogP contribution >= 0.6 is 0 Å². The quantitative estimate of drug-likeness (QED) is 0.285. The fourth-order valence-electron chi connectivity index (χ4n) is 1.93. The molecule has 0 aromatic heterocycles. The van der Waals surface area contributed by atoms with E-state index in [0.717, 1.165) is 32.1 Å². The third-order valence-corrected chi connectivity index (χ3v) is 3.52. The Hall–Kier alpha value is -1.53. The van der Waals surface area contributed by atoms with Crippen LogP contribution in [-0.4, -0.2) is 12.6 Å². The number of carbonyl (C=O) groups excluding carboxylic acids is 1. The van der Waals surface area contributed by atoms with Crippen LogP contribution in [-0.2, 0) is 9.53 Å². The van der Waals surface area contributed by atoms with Crippen LogP contribution in [0.1, 0.15) is 73.1 Å². The Balaban J connectivity index is 4.08. The Kier molecular flexibility index (Phi) is 12.2. The van der Waals surface area contributed by atoms with Crippen LogP contribution in [0.5, 0.6) is 0 Å². The van der Waals surface area contributed by atoms with E-state index in [1.807, 2.05) is 6.92 Å². The van der Waals surface area contributed by atoms with Crippen molar-refractivity contribution in [3.63, 3.8) is 0 Å². The zero-order chi connectivity index (χ0) is 16.8. The molecule has 0 radical (unpaired) electrons. The molecule has 0 bridgehead atoms. The standard InChI is InChI=1S/C20H32O2/c1-6-17(3)11-8-12-18(4)13-9-14-19(5)15-10-16-20(21)22-7-2/h10-11,13H,6-9,12,14,16H2,1-5H3/b17-11+,18-13+. The van der Waals surface area contributed by atoms with Gasteiger partial charge in [-0.3, -0.25) is 4.79 Å². The van der Waals surface area contributed by atoms with Crippen LogP contribution in [0.2, 0.25) is 0 Å². The fraction of sp³-hybridized carbons (Fsp3) is 0.600. The molecule has 2 nitrogen and oxygen atoms in total. The number of hydrogen-bond acceptors (Lipinski definition) is 2. The molecule has 2 heteroatoms. The molecule has 0 N–H and O–H groups in total. The van der Waals surface area contributed by atoms with Gasteiger partial charge in [-0.1, -0.05) is 30.2 Å². The molecule has 0 fully saturated rings. The van der Waals surface area contributed by atoms with Crippen molar-refractivity contribution >= 4 is 5.97 Å². The van der Waals surface area contributed by atoms with E-state index in [2.05, 4.69) is 45.6 Å². The van der Waals surface area contributed by atoms with E-state index in [1.165, 1.54) is 16.7 Å². The first-order valence-corrected chi connectivity index (χ1v) is 8.37. The van der Waals surface area contributed by atoms with Gasteiger partial charge in [0.25, 0.3) is 0 Å². The van der Waals surface area contributed by atoms with Gasteiger partial charge in [-0.05, 0) is 71.4 Å². The van der Waals surface area contributed by atoms with E-state index in [0.29, 0.717) is 13.0 Å². The van der Waals surface area contributed by atoms with Gasteiger partial charge >= 0.3 is 5.97 Å². The van der Waals surface area contributed by atoms with Crippen LogP contribution in [0.4, 0.5) is 0 Å². The van der Waals surface area contributed by atoms with E-state index in [1.54, 1.807) is 6.08 Å². The summed E-state index contributed by atoms with van der Waals surface area (Å²) < 4.78 is 4.86. The zero-order valence-electron chi connectivity index (χ0n) is 15.0. The molecule has 0 rings (SSSR count). The van der Waals surface area contributed by atoms with Gasteiger partial charge in [0.15, 0.2) is 0 Å². The summed E-state index contributed by atoms with van der Waals surface area (Å²) in [5, 5.41) is 0. The first-order valence-electron chi connectivity index (χ1n) is 8.37. The number of carbonyl (C=O) groups is 1. The second kappa shape index (κ2) is 13.2. The Bertz CT molecular complexity index is 446. The summed E-state index contributed by atoms with van der Waals surface area (Å²) >= 11 is 0. The van der Waals surface area contributed by atoms with Crippen LogP contribution in [0, 0.1) is 0 Å². The summed E-state index contributed by atoms with van der Waals surface area (Å²) in [6.45, 7) is 10.9. The average molecular weight is 304 g/mol. The van der Waals surface area contributed by atoms with Gasteiger partial charge in [0, 0.05) is 0 Å². The van der Waals surface area contributed by atoms with Crippen molar-refractivity contribution in [2.45, 2.75) is 73.1 Å². The minimum absolute atomic E-state index is 0.186. The maximum Gasteiger partial charge on any atom is 0.310 e. The molecule has 0 saturated heterocycles. The molecule has 0 amide bonds. The normalized spacial score (nSPS) is 11.9. The van der Waals surface area contributed by atoms with E-state index in [-0.39, 0.29) is 5.97 Å². The molecule has 0 unspecified atom stereocenters. The predicted octanol–water partition coefficient (Wildman–Crippen LogP) is 5.90. The molecule has 0 aliphatic rings. The average Bonchev–Trinajstić information content (AvgIpc) is 2.47. The predicted molar refractivity (Wildman–Crippen MR) is 94.8 cm³/mol. The van der Waals surface area contributed by atoms with Crippen molar-refractivity contribution in [2.75, 3.05) is 6.61 Å². The van der Waals surface area contributed by atoms with Gasteiger partial charge < -0.3 is 4.74 Å². The van der Waals surface area contributed by atoms with Gasteiger partial charge in [-0.25, -0.2) is 0 Å². The third-order valence-electron chi connectivity index (χ3n) is 3.52. The summed E-state index contributed by atoms with van der Waals surface area (Å²) in [4.78, 5) is 11.2. The van der Waals surface area contributed by atoms with E-state index >= 15 is 0 Å². The number of hydrogen-bond donors (Lipinski definition) is 0. The van der Waals surface area contributed by atoms with E-state index < -0.39 is 0 Å². The van der Waals surface area contributed by atoms with E-state index in [4.69, 9.17) is 4.74 Å². The molecule has 0 aliphatic carbocycles. The molecular formula is C20H32O2. The van der Waals surface area contributed by atoms with Crippen molar-refractivity contribution in [2.24, 2.45) is 0 Å². The lowest BCUT2D eigenvalue weighted by Crippen LogP contribution is -2.01. The largest absolute Gasteiger partial charge is 0.466 e. The SMILES string of the molecule is CCOC(=O)CC=C=C(C)CC/C=C(\C)CC/C=C(\C)CC. The first-order chi connectivity index (χ1) is 10.5. The molecule has 0 saturated carbocycles. The van der Waals surface area contributed by atoms with Crippen molar-refractivity contribution in [1.29, 1.82) is 0 Å². The molecule has 124 valence electrons. The first kappa shape index (κ1) is 20.5. The Morgan fingerprint density at radius 3 is 2.27 bits per heavy atom. The maximum absolute atomic E-state index is 11.2. The maximum atomic E-state index is 11.2. The molecule has 0 aliphatic heterocycles. The lowest BCUT2D eigenvalue weighted by Gasteiger charge is -2.00. The molecular weight excluding hydrogens is 272 g/mol. The number of ether oxygens (including phenoxy) is 1. The second-order valence-electron chi connectivity index (χ2n) is 5.67. The minimum atomic E-state index is -0.186. The van der Waals surface area contributed by atoms with Gasteiger partial charge in [-0.2, -0.15) is 0 Å². The number of allylic oxidation sites excluding steroid dienone is 4.